The lowest BCUT2D eigenvalue weighted by molar-refractivity contribution is 0.0601. The van der Waals surface area contributed by atoms with Crippen LogP contribution < -0.4 is 15.4 Å². The second kappa shape index (κ2) is 7.07. The first-order chi connectivity index (χ1) is 13.2. The number of nitrogens with zero attached hydrogens (tertiary/aromatic N) is 2. The molecule has 0 radical (unpaired) electrons. The molecule has 6 nitrogen and oxygen atoms in total. The first-order valence-corrected chi connectivity index (χ1v) is 8.78. The molecule has 3 aromatic rings. The lowest BCUT2D eigenvalue weighted by Gasteiger charge is -2.41. The molecule has 2 aromatic carbocycles. The number of esters is 1. The summed E-state index contributed by atoms with van der Waals surface area (Å²) in [6, 6.07) is 17.0. The van der Waals surface area contributed by atoms with E-state index in [4.69, 9.17) is 15.2 Å². The van der Waals surface area contributed by atoms with Gasteiger partial charge in [0.15, 0.2) is 0 Å². The molecular weight excluding hydrogens is 342 g/mol. The third kappa shape index (κ3) is 3.21. The third-order valence-corrected chi connectivity index (χ3v) is 4.68. The van der Waals surface area contributed by atoms with Gasteiger partial charge in [-0.05, 0) is 36.4 Å². The Morgan fingerprint density at radius 1 is 1.04 bits per heavy atom. The second-order valence-corrected chi connectivity index (χ2v) is 6.44. The van der Waals surface area contributed by atoms with Gasteiger partial charge in [0.1, 0.15) is 11.9 Å². The van der Waals surface area contributed by atoms with Crippen molar-refractivity contribution in [2.45, 2.75) is 6.10 Å². The molecule has 2 heterocycles. The molecule has 6 heteroatoms. The number of carbonyl (C=O) groups excluding carboxylic acids is 1. The van der Waals surface area contributed by atoms with Crippen LogP contribution in [-0.4, -0.2) is 36.8 Å². The smallest absolute Gasteiger partial charge is 0.340 e. The Kier molecular flexibility index (Phi) is 4.46. The van der Waals surface area contributed by atoms with Gasteiger partial charge in [-0.2, -0.15) is 0 Å². The number of para-hydroxylation sites is 3. The molecule has 4 rings (SSSR count). The van der Waals surface area contributed by atoms with Gasteiger partial charge in [0, 0.05) is 12.4 Å². The van der Waals surface area contributed by atoms with Crippen molar-refractivity contribution >= 4 is 17.3 Å². The molecule has 27 heavy (non-hydrogen) atoms. The highest BCUT2D eigenvalue weighted by Crippen LogP contribution is 2.33. The molecule has 138 valence electrons. The number of nitrogen functional groups attached to an aromatic ring is 1. The number of anilines is 2. The minimum Gasteiger partial charge on any atom is -0.485 e. The average molecular weight is 363 g/mol. The van der Waals surface area contributed by atoms with Crippen LogP contribution in [0.4, 0.5) is 11.4 Å². The van der Waals surface area contributed by atoms with E-state index in [1.807, 2.05) is 65.5 Å². The van der Waals surface area contributed by atoms with Crippen molar-refractivity contribution in [3.8, 4) is 11.4 Å². The number of aromatic nitrogens is 1. The van der Waals surface area contributed by atoms with Crippen molar-refractivity contribution in [1.29, 1.82) is 0 Å². The van der Waals surface area contributed by atoms with E-state index in [0.29, 0.717) is 30.1 Å². The van der Waals surface area contributed by atoms with Crippen molar-refractivity contribution in [2.75, 3.05) is 30.8 Å². The first kappa shape index (κ1) is 17.0. The summed E-state index contributed by atoms with van der Waals surface area (Å²) in [5.74, 6) is 0.349. The van der Waals surface area contributed by atoms with Gasteiger partial charge in [-0.15, -0.1) is 0 Å². The molecule has 0 atom stereocenters. The van der Waals surface area contributed by atoms with Gasteiger partial charge in [-0.3, -0.25) is 0 Å². The molecule has 0 bridgehead atoms. The lowest BCUT2D eigenvalue weighted by Crippen LogP contribution is -2.54. The summed E-state index contributed by atoms with van der Waals surface area (Å²) in [4.78, 5) is 14.4. The van der Waals surface area contributed by atoms with Crippen molar-refractivity contribution in [1.82, 2.24) is 4.57 Å². The maximum Gasteiger partial charge on any atom is 0.340 e. The predicted molar refractivity (Wildman–Crippen MR) is 105 cm³/mol. The summed E-state index contributed by atoms with van der Waals surface area (Å²) >= 11 is 0. The fourth-order valence-corrected chi connectivity index (χ4v) is 3.29. The van der Waals surface area contributed by atoms with E-state index in [9.17, 15) is 4.79 Å². The summed E-state index contributed by atoms with van der Waals surface area (Å²) in [6.07, 6.45) is 3.89. The quantitative estimate of drug-likeness (QED) is 0.557. The molecule has 0 spiro atoms. The monoisotopic (exact) mass is 363 g/mol. The van der Waals surface area contributed by atoms with Crippen LogP contribution in [0.15, 0.2) is 67.0 Å². The van der Waals surface area contributed by atoms with Crippen molar-refractivity contribution < 1.29 is 14.3 Å². The highest BCUT2D eigenvalue weighted by atomic mass is 16.5. The first-order valence-electron chi connectivity index (χ1n) is 8.78. The summed E-state index contributed by atoms with van der Waals surface area (Å²) in [5.41, 5.74) is 8.90. The Hall–Kier alpha value is -3.41. The molecule has 0 saturated carbocycles. The minimum atomic E-state index is -0.356. The molecule has 2 N–H and O–H groups in total. The number of benzene rings is 2. The normalized spacial score (nSPS) is 13.9. The number of rotatable bonds is 5. The van der Waals surface area contributed by atoms with Crippen LogP contribution in [0.25, 0.3) is 5.69 Å². The third-order valence-electron chi connectivity index (χ3n) is 4.68. The van der Waals surface area contributed by atoms with Crippen LogP contribution in [0.5, 0.6) is 5.75 Å². The lowest BCUT2D eigenvalue weighted by atomic mass is 10.1. The molecule has 1 aliphatic heterocycles. The van der Waals surface area contributed by atoms with Crippen LogP contribution in [0.3, 0.4) is 0 Å². The fourth-order valence-electron chi connectivity index (χ4n) is 3.29. The van der Waals surface area contributed by atoms with Crippen molar-refractivity contribution in [2.24, 2.45) is 0 Å². The van der Waals surface area contributed by atoms with Gasteiger partial charge < -0.3 is 24.7 Å². The van der Waals surface area contributed by atoms with Crippen molar-refractivity contribution in [3.63, 3.8) is 0 Å². The number of nitrogens with two attached hydrogens (primary N) is 1. The van der Waals surface area contributed by atoms with E-state index in [1.54, 1.807) is 6.07 Å². The Bertz CT molecular complexity index is 947. The maximum atomic E-state index is 12.3. The van der Waals surface area contributed by atoms with Crippen LogP contribution in [-0.2, 0) is 4.74 Å². The van der Waals surface area contributed by atoms with Crippen LogP contribution in [0.1, 0.15) is 10.4 Å². The SMILES string of the molecule is COC(=O)c1cccc(N2CC(Oc3ccccc3N)C2)c1-n1cccc1. The summed E-state index contributed by atoms with van der Waals surface area (Å²) in [5, 5.41) is 0. The number of hydrogen-bond donors (Lipinski definition) is 1. The van der Waals surface area contributed by atoms with Crippen LogP contribution >= 0.6 is 0 Å². The number of ether oxygens (including phenoxy) is 2. The van der Waals surface area contributed by atoms with Crippen LogP contribution in [0.2, 0.25) is 0 Å². The average Bonchev–Trinajstić information content (AvgIpc) is 3.19. The fraction of sp³-hybridized carbons (Fsp3) is 0.190. The van der Waals surface area contributed by atoms with Gasteiger partial charge in [-0.1, -0.05) is 18.2 Å². The largest absolute Gasteiger partial charge is 0.485 e. The predicted octanol–water partition coefficient (Wildman–Crippen LogP) is 3.11. The zero-order valence-corrected chi connectivity index (χ0v) is 15.0. The highest BCUT2D eigenvalue weighted by molar-refractivity contribution is 5.96. The van der Waals surface area contributed by atoms with E-state index < -0.39 is 0 Å². The van der Waals surface area contributed by atoms with E-state index in [-0.39, 0.29) is 12.1 Å². The molecule has 1 fully saturated rings. The molecule has 1 aliphatic rings. The maximum absolute atomic E-state index is 12.3. The Labute approximate surface area is 157 Å². The second-order valence-electron chi connectivity index (χ2n) is 6.44. The van der Waals surface area contributed by atoms with Gasteiger partial charge in [0.25, 0.3) is 0 Å². The van der Waals surface area contributed by atoms with E-state index >= 15 is 0 Å². The summed E-state index contributed by atoms with van der Waals surface area (Å²) < 4.78 is 12.9. The van der Waals surface area contributed by atoms with E-state index in [1.165, 1.54) is 7.11 Å². The zero-order chi connectivity index (χ0) is 18.8. The van der Waals surface area contributed by atoms with E-state index in [2.05, 4.69) is 4.90 Å². The molecule has 0 amide bonds. The minimum absolute atomic E-state index is 0.0500. The Morgan fingerprint density at radius 3 is 2.48 bits per heavy atom. The van der Waals surface area contributed by atoms with Crippen molar-refractivity contribution in [3.05, 3.63) is 72.6 Å². The molecule has 1 saturated heterocycles. The number of hydrogen-bond acceptors (Lipinski definition) is 5. The molecule has 0 aliphatic carbocycles. The van der Waals surface area contributed by atoms with Gasteiger partial charge >= 0.3 is 5.97 Å². The van der Waals surface area contributed by atoms with E-state index in [0.717, 1.165) is 11.4 Å². The van der Waals surface area contributed by atoms with Gasteiger partial charge in [-0.25, -0.2) is 4.79 Å². The standard InChI is InChI=1S/C21H21N3O3/c1-26-21(25)16-7-6-9-18(20(16)23-11-4-5-12-23)24-13-15(14-24)27-19-10-3-2-8-17(19)22/h2-12,15H,13-14,22H2,1H3. The topological polar surface area (TPSA) is 69.7 Å². The molecular formula is C21H21N3O3. The molecule has 1 aromatic heterocycles. The number of methoxy groups -OCH3 is 1. The van der Waals surface area contributed by atoms with Gasteiger partial charge in [0.2, 0.25) is 0 Å². The Morgan fingerprint density at radius 2 is 1.78 bits per heavy atom. The number of carbonyl (C=O) groups is 1. The van der Waals surface area contributed by atoms with Gasteiger partial charge in [0.05, 0.1) is 42.8 Å². The Balaban J connectivity index is 1.58. The zero-order valence-electron chi connectivity index (χ0n) is 15.0. The summed E-state index contributed by atoms with van der Waals surface area (Å²) in [7, 11) is 1.40. The molecule has 0 unspecified atom stereocenters. The summed E-state index contributed by atoms with van der Waals surface area (Å²) in [6.45, 7) is 1.43. The highest BCUT2D eigenvalue weighted by Gasteiger charge is 2.32. The van der Waals surface area contributed by atoms with Crippen LogP contribution in [0, 0.1) is 0 Å².